The molecule has 6 N–H and O–H groups in total. The van der Waals surface area contributed by atoms with E-state index in [4.69, 9.17) is 11.1 Å². The fraction of sp³-hybridized carbons (Fsp3) is 0.0952. The van der Waals surface area contributed by atoms with Gasteiger partial charge in [0, 0.05) is 23.0 Å². The van der Waals surface area contributed by atoms with Crippen molar-refractivity contribution in [1.29, 1.82) is 0 Å². The van der Waals surface area contributed by atoms with E-state index in [2.05, 4.69) is 15.6 Å². The Bertz CT molecular complexity index is 1170. The number of fused-ring (bicyclic) bond motifs is 1. The molecule has 2 aromatic carbocycles. The Labute approximate surface area is 172 Å². The molecule has 0 bridgehead atoms. The minimum atomic E-state index is -0.468. The monoisotopic (exact) mass is 405 g/mol. The molecule has 4 amide bonds. The fourth-order valence-electron chi connectivity index (χ4n) is 3.02. The van der Waals surface area contributed by atoms with E-state index >= 15 is 0 Å². The molecule has 0 radical (unpaired) electrons. The van der Waals surface area contributed by atoms with Crippen LogP contribution in [0.2, 0.25) is 0 Å². The van der Waals surface area contributed by atoms with Crippen molar-refractivity contribution < 1.29 is 19.8 Å². The zero-order valence-electron chi connectivity index (χ0n) is 15.2. The van der Waals surface area contributed by atoms with Gasteiger partial charge in [0.05, 0.1) is 5.56 Å². The van der Waals surface area contributed by atoms with Crippen molar-refractivity contribution in [2.24, 2.45) is 5.73 Å². The number of hydrogen-bond donors (Lipinski definition) is 4. The molecule has 1 saturated heterocycles. The minimum absolute atomic E-state index is 0. The van der Waals surface area contributed by atoms with Crippen LogP contribution in [0.25, 0.3) is 10.8 Å². The van der Waals surface area contributed by atoms with Crippen LogP contribution in [0, 0.1) is 0 Å². The SMILES string of the molecule is C.NC(=[NH2+])c1ccc2cc(C(=O)Nc3ccc(N4CC(=O)NC4=O)cc3)ncc2c1. The summed E-state index contributed by atoms with van der Waals surface area (Å²) in [5.41, 5.74) is 7.65. The number of carbonyl (C=O) groups excluding carboxylic acids is 3. The average molecular weight is 405 g/mol. The highest BCUT2D eigenvalue weighted by molar-refractivity contribution is 6.12. The first-order valence-corrected chi connectivity index (χ1v) is 8.71. The quantitative estimate of drug-likeness (QED) is 0.286. The first kappa shape index (κ1) is 20.5. The van der Waals surface area contributed by atoms with Gasteiger partial charge in [-0.15, -0.1) is 0 Å². The molecule has 9 heteroatoms. The van der Waals surface area contributed by atoms with Crippen LogP contribution < -0.4 is 26.7 Å². The molecule has 0 spiro atoms. The predicted molar refractivity (Wildman–Crippen MR) is 114 cm³/mol. The molecule has 0 aliphatic carbocycles. The topological polar surface area (TPSA) is 143 Å². The molecule has 0 unspecified atom stereocenters. The van der Waals surface area contributed by atoms with Gasteiger partial charge in [0.1, 0.15) is 12.2 Å². The number of hydrogen-bond acceptors (Lipinski definition) is 4. The Morgan fingerprint density at radius 2 is 1.83 bits per heavy atom. The molecule has 152 valence electrons. The lowest BCUT2D eigenvalue weighted by Gasteiger charge is -2.13. The molecular formula is C21H21N6O3+. The molecule has 1 fully saturated rings. The Kier molecular flexibility index (Phi) is 5.45. The number of amides is 4. The Morgan fingerprint density at radius 3 is 2.47 bits per heavy atom. The van der Waals surface area contributed by atoms with Gasteiger partial charge in [-0.2, -0.15) is 0 Å². The van der Waals surface area contributed by atoms with Gasteiger partial charge in [-0.25, -0.2) is 4.79 Å². The smallest absolute Gasteiger partial charge is 0.321 e. The summed E-state index contributed by atoms with van der Waals surface area (Å²) < 4.78 is 0. The lowest BCUT2D eigenvalue weighted by Crippen LogP contribution is -2.46. The summed E-state index contributed by atoms with van der Waals surface area (Å²) in [5, 5.41) is 12.2. The predicted octanol–water partition coefficient (Wildman–Crippen LogP) is 0.644. The molecule has 1 aliphatic heterocycles. The number of nitrogens with one attached hydrogen (secondary N) is 2. The highest BCUT2D eigenvalue weighted by atomic mass is 16.2. The number of rotatable bonds is 4. The van der Waals surface area contributed by atoms with E-state index in [0.717, 1.165) is 10.8 Å². The number of carbonyl (C=O) groups is 3. The number of pyridine rings is 1. The second-order valence-corrected chi connectivity index (χ2v) is 6.53. The first-order valence-electron chi connectivity index (χ1n) is 8.71. The zero-order chi connectivity index (χ0) is 20.5. The van der Waals surface area contributed by atoms with Crippen molar-refractivity contribution in [3.63, 3.8) is 0 Å². The van der Waals surface area contributed by atoms with Gasteiger partial charge >= 0.3 is 6.03 Å². The van der Waals surface area contributed by atoms with E-state index < -0.39 is 6.03 Å². The molecule has 1 aromatic heterocycles. The number of benzene rings is 2. The van der Waals surface area contributed by atoms with Crippen molar-refractivity contribution in [2.75, 3.05) is 16.8 Å². The van der Waals surface area contributed by atoms with E-state index in [-0.39, 0.29) is 37.3 Å². The lowest BCUT2D eigenvalue weighted by molar-refractivity contribution is -0.117. The average Bonchev–Trinajstić information content (AvgIpc) is 3.05. The van der Waals surface area contributed by atoms with Gasteiger partial charge in [-0.1, -0.05) is 13.5 Å². The summed E-state index contributed by atoms with van der Waals surface area (Å²) in [6, 6.07) is 13.2. The zero-order valence-corrected chi connectivity index (χ0v) is 15.2. The lowest BCUT2D eigenvalue weighted by atomic mass is 10.1. The molecular weight excluding hydrogens is 384 g/mol. The van der Waals surface area contributed by atoms with E-state index in [1.165, 1.54) is 4.90 Å². The van der Waals surface area contributed by atoms with Crippen LogP contribution in [-0.2, 0) is 4.79 Å². The third-order valence-electron chi connectivity index (χ3n) is 4.52. The van der Waals surface area contributed by atoms with Crippen molar-refractivity contribution in [1.82, 2.24) is 10.3 Å². The summed E-state index contributed by atoms with van der Waals surface area (Å²) in [7, 11) is 0. The van der Waals surface area contributed by atoms with Gasteiger partial charge in [0.15, 0.2) is 0 Å². The molecule has 4 rings (SSSR count). The summed E-state index contributed by atoms with van der Waals surface area (Å²) in [6.45, 7) is -0.0270. The highest BCUT2D eigenvalue weighted by Crippen LogP contribution is 2.21. The van der Waals surface area contributed by atoms with E-state index in [0.29, 0.717) is 16.9 Å². The molecule has 9 nitrogen and oxygen atoms in total. The summed E-state index contributed by atoms with van der Waals surface area (Å²) in [5.74, 6) is -0.510. The minimum Gasteiger partial charge on any atom is -0.321 e. The number of anilines is 2. The third kappa shape index (κ3) is 3.95. The summed E-state index contributed by atoms with van der Waals surface area (Å²) in [6.07, 6.45) is 1.59. The van der Waals surface area contributed by atoms with Crippen LogP contribution in [-0.4, -0.2) is 35.2 Å². The maximum atomic E-state index is 12.5. The standard InChI is InChI=1S/C20H16N6O3.CH4/c21-18(22)12-2-1-11-8-16(23-9-13(11)7-12)19(28)24-14-3-5-15(6-4-14)26-10-17(27)25-20(26)29;/h1-9H,10H2,(H3,21,22)(H,24,28)(H,25,27,29);1H4/p+1. The number of imide groups is 1. The van der Waals surface area contributed by atoms with E-state index in [1.54, 1.807) is 48.7 Å². The van der Waals surface area contributed by atoms with Crippen molar-refractivity contribution >= 4 is 45.8 Å². The maximum absolute atomic E-state index is 12.5. The van der Waals surface area contributed by atoms with E-state index in [9.17, 15) is 14.4 Å². The van der Waals surface area contributed by atoms with Crippen LogP contribution in [0.5, 0.6) is 0 Å². The highest BCUT2D eigenvalue weighted by Gasteiger charge is 2.27. The Hall–Kier alpha value is -4.27. The van der Waals surface area contributed by atoms with Crippen LogP contribution in [0.3, 0.4) is 0 Å². The van der Waals surface area contributed by atoms with Gasteiger partial charge in [0.25, 0.3) is 11.7 Å². The number of nitrogens with zero attached hydrogens (tertiary/aromatic N) is 2. The Balaban J connectivity index is 0.00000256. The number of amidine groups is 1. The van der Waals surface area contributed by atoms with Crippen LogP contribution in [0.4, 0.5) is 16.2 Å². The number of nitrogens with two attached hydrogens (primary N) is 2. The van der Waals surface area contributed by atoms with E-state index in [1.807, 2.05) is 6.07 Å². The van der Waals surface area contributed by atoms with Crippen LogP contribution >= 0.6 is 0 Å². The molecule has 0 saturated carbocycles. The number of aromatic nitrogens is 1. The first-order chi connectivity index (χ1) is 13.9. The van der Waals surface area contributed by atoms with Crippen LogP contribution in [0.1, 0.15) is 23.5 Å². The second kappa shape index (κ2) is 8.00. The molecule has 0 atom stereocenters. The van der Waals surface area contributed by atoms with Gasteiger partial charge in [0.2, 0.25) is 5.91 Å². The van der Waals surface area contributed by atoms with Gasteiger partial charge < -0.3 is 5.32 Å². The Morgan fingerprint density at radius 1 is 1.10 bits per heavy atom. The largest absolute Gasteiger partial charge is 0.329 e. The van der Waals surface area contributed by atoms with Crippen LogP contribution in [0.15, 0.2) is 54.7 Å². The summed E-state index contributed by atoms with van der Waals surface area (Å²) >= 11 is 0. The molecule has 30 heavy (non-hydrogen) atoms. The third-order valence-corrected chi connectivity index (χ3v) is 4.52. The van der Waals surface area contributed by atoms with Gasteiger partial charge in [-0.3, -0.25) is 35.9 Å². The second-order valence-electron chi connectivity index (χ2n) is 6.53. The number of urea groups is 1. The fourth-order valence-corrected chi connectivity index (χ4v) is 3.02. The molecule has 2 heterocycles. The molecule has 1 aliphatic rings. The summed E-state index contributed by atoms with van der Waals surface area (Å²) in [4.78, 5) is 41.1. The molecule has 3 aromatic rings. The normalized spacial score (nSPS) is 13.0. The van der Waals surface area contributed by atoms with Crippen molar-refractivity contribution in [3.8, 4) is 0 Å². The van der Waals surface area contributed by atoms with Crippen molar-refractivity contribution in [2.45, 2.75) is 7.43 Å². The van der Waals surface area contributed by atoms with Gasteiger partial charge in [-0.05, 0) is 47.9 Å². The maximum Gasteiger partial charge on any atom is 0.329 e. The van der Waals surface area contributed by atoms with Crippen molar-refractivity contribution in [3.05, 3.63) is 66.0 Å².